The molecule has 4 heterocycles. The quantitative estimate of drug-likeness (QED) is 0.177. The first-order valence-corrected chi connectivity index (χ1v) is 22.0. The minimum absolute atomic E-state index is 0.545. The topological polar surface area (TPSA) is 56.7 Å². The normalized spacial score (nSPS) is 12.1. The summed E-state index contributed by atoms with van der Waals surface area (Å²) in [6.07, 6.45) is 0. The Labute approximate surface area is 363 Å². The van der Waals surface area contributed by atoms with Gasteiger partial charge in [0.1, 0.15) is 11.2 Å². The van der Waals surface area contributed by atoms with Gasteiger partial charge in [0, 0.05) is 58.4 Å². The van der Waals surface area contributed by atoms with E-state index in [1.807, 2.05) is 29.5 Å². The van der Waals surface area contributed by atoms with Gasteiger partial charge < -0.3 is 4.42 Å². The Balaban J connectivity index is 1.08. The fraction of sp³-hybridized carbons (Fsp3) is 0. The summed E-state index contributed by atoms with van der Waals surface area (Å²) in [5.41, 5.74) is 7.71. The van der Waals surface area contributed by atoms with Crippen molar-refractivity contribution in [3.8, 4) is 39.9 Å². The molecule has 63 heavy (non-hydrogen) atoms. The molecule has 0 spiro atoms. The van der Waals surface area contributed by atoms with Crippen molar-refractivity contribution >= 4 is 108 Å². The van der Waals surface area contributed by atoms with Crippen molar-refractivity contribution in [1.29, 1.82) is 0 Å². The van der Waals surface area contributed by atoms with Crippen LogP contribution in [0.2, 0.25) is 0 Å². The lowest BCUT2D eigenvalue weighted by atomic mass is 9.97. The molecule has 5 nitrogen and oxygen atoms in total. The fourth-order valence-electron chi connectivity index (χ4n) is 9.91. The summed E-state index contributed by atoms with van der Waals surface area (Å²) in [5.74, 6) is 1.71. The molecule has 14 rings (SSSR count). The predicted octanol–water partition coefficient (Wildman–Crippen LogP) is 15.7. The molecule has 0 aliphatic carbocycles. The van der Waals surface area contributed by atoms with E-state index in [-0.39, 0.29) is 0 Å². The summed E-state index contributed by atoms with van der Waals surface area (Å²) in [7, 11) is 0. The summed E-state index contributed by atoms with van der Waals surface area (Å²) < 4.78 is 11.2. The highest BCUT2D eigenvalue weighted by Crippen LogP contribution is 2.44. The molecular formula is C57H32N4OS. The van der Waals surface area contributed by atoms with Gasteiger partial charge in [-0.1, -0.05) is 146 Å². The van der Waals surface area contributed by atoms with Crippen LogP contribution in [0.3, 0.4) is 0 Å². The van der Waals surface area contributed by atoms with E-state index in [4.69, 9.17) is 19.4 Å². The van der Waals surface area contributed by atoms with Gasteiger partial charge in [0.15, 0.2) is 11.6 Å². The molecule has 0 aliphatic rings. The van der Waals surface area contributed by atoms with Crippen LogP contribution in [0.25, 0.3) is 136 Å². The minimum atomic E-state index is 0.545. The SMILES string of the molecule is c1ccc2cc(-c3nc(-c4ccc5c(c4)oc4ccccc45)nc(-n4c5ccc6ccccc6c5c5cccc(-c6ccc7sc8ccc9ccccc9c8c7c6)c54)n3)ccc2c1. The Morgan fingerprint density at radius 3 is 1.84 bits per heavy atom. The number of nitrogens with zero attached hydrogens (tertiary/aromatic N) is 4. The van der Waals surface area contributed by atoms with Gasteiger partial charge in [0.05, 0.1) is 11.0 Å². The molecule has 0 saturated heterocycles. The van der Waals surface area contributed by atoms with Gasteiger partial charge in [0.25, 0.3) is 0 Å². The molecule has 0 aliphatic heterocycles. The standard InChI is InChI=1S/C57H32N4OS/c1-2-13-36-30-38(21-20-33(36)10-1)55-58-56(39-22-26-44-43-16-7-8-19-48(43)62-49(44)32-39)60-57(59-55)61-47-27-23-34-11-3-5-14-40(34)52(47)45-18-9-17-42(54(45)61)37-25-28-50-46(31-37)53-41-15-6-4-12-35(41)24-29-51(53)63-50/h1-32H. The second kappa shape index (κ2) is 13.2. The van der Waals surface area contributed by atoms with Crippen molar-refractivity contribution in [2.24, 2.45) is 0 Å². The molecule has 0 bridgehead atoms. The minimum Gasteiger partial charge on any atom is -0.456 e. The maximum atomic E-state index is 6.40. The van der Waals surface area contributed by atoms with E-state index in [0.717, 1.165) is 76.8 Å². The third kappa shape index (κ3) is 5.19. The smallest absolute Gasteiger partial charge is 0.238 e. The van der Waals surface area contributed by atoms with E-state index in [1.54, 1.807) is 0 Å². The van der Waals surface area contributed by atoms with Crippen molar-refractivity contribution < 1.29 is 4.42 Å². The molecule has 0 fully saturated rings. The average Bonchev–Trinajstić information content (AvgIpc) is 4.03. The van der Waals surface area contributed by atoms with Crippen LogP contribution in [0.15, 0.2) is 199 Å². The van der Waals surface area contributed by atoms with E-state index in [0.29, 0.717) is 17.6 Å². The first-order chi connectivity index (χ1) is 31.2. The molecule has 0 saturated carbocycles. The van der Waals surface area contributed by atoms with Gasteiger partial charge in [-0.2, -0.15) is 9.97 Å². The zero-order valence-electron chi connectivity index (χ0n) is 33.6. The first-order valence-electron chi connectivity index (χ1n) is 21.2. The Morgan fingerprint density at radius 1 is 0.381 bits per heavy atom. The maximum absolute atomic E-state index is 6.40. The second-order valence-corrected chi connectivity index (χ2v) is 17.4. The third-order valence-corrected chi connectivity index (χ3v) is 14.0. The summed E-state index contributed by atoms with van der Waals surface area (Å²) in [6, 6.07) is 69.2. The van der Waals surface area contributed by atoms with Crippen LogP contribution < -0.4 is 0 Å². The predicted molar refractivity (Wildman–Crippen MR) is 263 cm³/mol. The number of benzene rings is 10. The monoisotopic (exact) mass is 820 g/mol. The molecular weight excluding hydrogens is 789 g/mol. The Hall–Kier alpha value is -8.19. The van der Waals surface area contributed by atoms with Crippen molar-refractivity contribution in [3.05, 3.63) is 194 Å². The number of thiophene rings is 1. The van der Waals surface area contributed by atoms with E-state index < -0.39 is 0 Å². The number of aromatic nitrogens is 4. The van der Waals surface area contributed by atoms with E-state index in [1.165, 1.54) is 41.7 Å². The first kappa shape index (κ1) is 34.5. The number of hydrogen-bond acceptors (Lipinski definition) is 5. The lowest BCUT2D eigenvalue weighted by Crippen LogP contribution is -2.07. The summed E-state index contributed by atoms with van der Waals surface area (Å²) in [5, 5.41) is 14.2. The van der Waals surface area contributed by atoms with E-state index >= 15 is 0 Å². The number of rotatable bonds is 4. The van der Waals surface area contributed by atoms with Gasteiger partial charge in [-0.05, 0) is 86.4 Å². The van der Waals surface area contributed by atoms with Crippen LogP contribution in [0.1, 0.15) is 0 Å². The molecule has 0 N–H and O–H groups in total. The lowest BCUT2D eigenvalue weighted by molar-refractivity contribution is 0.669. The molecule has 14 aromatic rings. The van der Waals surface area contributed by atoms with Crippen molar-refractivity contribution in [2.45, 2.75) is 0 Å². The van der Waals surface area contributed by atoms with Crippen LogP contribution >= 0.6 is 11.3 Å². The summed E-state index contributed by atoms with van der Waals surface area (Å²) >= 11 is 1.85. The van der Waals surface area contributed by atoms with E-state index in [2.05, 4.69) is 180 Å². The number of hydrogen-bond donors (Lipinski definition) is 0. The summed E-state index contributed by atoms with van der Waals surface area (Å²) in [4.78, 5) is 16.1. The van der Waals surface area contributed by atoms with Crippen molar-refractivity contribution in [2.75, 3.05) is 0 Å². The van der Waals surface area contributed by atoms with Gasteiger partial charge >= 0.3 is 0 Å². The number of furan rings is 1. The Kier molecular flexibility index (Phi) is 7.21. The molecule has 0 atom stereocenters. The molecule has 10 aromatic carbocycles. The van der Waals surface area contributed by atoms with Crippen LogP contribution in [-0.4, -0.2) is 19.5 Å². The van der Waals surface area contributed by atoms with Crippen LogP contribution in [0.4, 0.5) is 0 Å². The van der Waals surface area contributed by atoms with Gasteiger partial charge in [0.2, 0.25) is 5.95 Å². The van der Waals surface area contributed by atoms with Crippen molar-refractivity contribution in [3.63, 3.8) is 0 Å². The highest BCUT2D eigenvalue weighted by Gasteiger charge is 2.23. The molecule has 292 valence electrons. The van der Waals surface area contributed by atoms with Gasteiger partial charge in [-0.15, -0.1) is 11.3 Å². The van der Waals surface area contributed by atoms with Crippen LogP contribution in [0, 0.1) is 0 Å². The maximum Gasteiger partial charge on any atom is 0.238 e. The molecule has 4 aromatic heterocycles. The Morgan fingerprint density at radius 2 is 1.00 bits per heavy atom. The number of para-hydroxylation sites is 2. The van der Waals surface area contributed by atoms with Gasteiger partial charge in [-0.25, -0.2) is 4.98 Å². The highest BCUT2D eigenvalue weighted by molar-refractivity contribution is 7.26. The largest absolute Gasteiger partial charge is 0.456 e. The van der Waals surface area contributed by atoms with Crippen LogP contribution in [0.5, 0.6) is 0 Å². The zero-order valence-corrected chi connectivity index (χ0v) is 34.4. The third-order valence-electron chi connectivity index (χ3n) is 12.8. The van der Waals surface area contributed by atoms with E-state index in [9.17, 15) is 0 Å². The molecule has 0 amide bonds. The highest BCUT2D eigenvalue weighted by atomic mass is 32.1. The van der Waals surface area contributed by atoms with Crippen molar-refractivity contribution in [1.82, 2.24) is 19.5 Å². The Bertz CT molecular complexity index is 4230. The average molecular weight is 821 g/mol. The molecule has 0 radical (unpaired) electrons. The van der Waals surface area contributed by atoms with Gasteiger partial charge in [-0.3, -0.25) is 4.57 Å². The second-order valence-electron chi connectivity index (χ2n) is 16.3. The van der Waals surface area contributed by atoms with Crippen LogP contribution in [-0.2, 0) is 0 Å². The fourth-order valence-corrected chi connectivity index (χ4v) is 11.0. The number of fused-ring (bicyclic) bond motifs is 14. The molecule has 0 unspecified atom stereocenters. The zero-order chi connectivity index (χ0) is 41.2. The summed E-state index contributed by atoms with van der Waals surface area (Å²) in [6.45, 7) is 0. The molecule has 6 heteroatoms. The lowest BCUT2D eigenvalue weighted by Gasteiger charge is -2.13.